The zero-order valence-electron chi connectivity index (χ0n) is 7.43. The number of hydrogen-bond acceptors (Lipinski definition) is 1. The molecule has 0 spiro atoms. The lowest BCUT2D eigenvalue weighted by atomic mass is 10.4. The fourth-order valence-electron chi connectivity index (χ4n) is 1.05. The second-order valence-corrected chi connectivity index (χ2v) is 2.52. The Balaban J connectivity index is 3.50. The maximum atomic E-state index is 2.36. The molecule has 0 amide bonds. The number of nitrogens with zero attached hydrogens (tertiary/aromatic N) is 1. The minimum absolute atomic E-state index is 1.19. The predicted octanol–water partition coefficient (Wildman–Crippen LogP) is 2.64. The summed E-state index contributed by atoms with van der Waals surface area (Å²) in [6, 6.07) is 0. The van der Waals surface area contributed by atoms with E-state index in [4.69, 9.17) is 0 Å². The predicted molar refractivity (Wildman–Crippen MR) is 47.0 cm³/mol. The summed E-state index contributed by atoms with van der Waals surface area (Å²) in [5, 5.41) is 0. The van der Waals surface area contributed by atoms with Gasteiger partial charge in [0.25, 0.3) is 0 Å². The van der Waals surface area contributed by atoms with Gasteiger partial charge in [-0.1, -0.05) is 19.9 Å². The summed E-state index contributed by atoms with van der Waals surface area (Å²) in [7, 11) is 0. The van der Waals surface area contributed by atoms with E-state index in [1.165, 1.54) is 25.9 Å². The van der Waals surface area contributed by atoms with Crippen LogP contribution in [0.25, 0.3) is 0 Å². The van der Waals surface area contributed by atoms with E-state index < -0.39 is 0 Å². The largest absolute Gasteiger partial charge is 0.378 e. The molecule has 0 bridgehead atoms. The molecule has 0 saturated carbocycles. The van der Waals surface area contributed by atoms with E-state index in [0.29, 0.717) is 0 Å². The highest BCUT2D eigenvalue weighted by molar-refractivity contribution is 4.77. The van der Waals surface area contributed by atoms with Gasteiger partial charge < -0.3 is 4.90 Å². The number of allylic oxidation sites excluding steroid dienone is 1. The molecule has 0 unspecified atom stereocenters. The Kier molecular flexibility index (Phi) is 6.35. The minimum atomic E-state index is 1.19. The fraction of sp³-hybridized carbons (Fsp3) is 0.778. The Morgan fingerprint density at radius 3 is 1.90 bits per heavy atom. The van der Waals surface area contributed by atoms with E-state index in [1.54, 1.807) is 0 Å². The summed E-state index contributed by atoms with van der Waals surface area (Å²) in [5.74, 6) is 0. The van der Waals surface area contributed by atoms with E-state index in [2.05, 4.69) is 37.9 Å². The van der Waals surface area contributed by atoms with Crippen LogP contribution in [0.4, 0.5) is 0 Å². The van der Waals surface area contributed by atoms with Crippen LogP contribution in [0, 0.1) is 0 Å². The third kappa shape index (κ3) is 4.42. The van der Waals surface area contributed by atoms with Gasteiger partial charge in [-0.3, -0.25) is 0 Å². The molecular weight excluding hydrogens is 122 g/mol. The monoisotopic (exact) mass is 141 g/mol. The minimum Gasteiger partial charge on any atom is -0.378 e. The molecule has 10 heavy (non-hydrogen) atoms. The van der Waals surface area contributed by atoms with Crippen molar-refractivity contribution < 1.29 is 0 Å². The molecule has 0 aromatic heterocycles. The molecule has 0 aromatic carbocycles. The number of hydrogen-bond donors (Lipinski definition) is 0. The number of rotatable bonds is 5. The Morgan fingerprint density at radius 1 is 1.10 bits per heavy atom. The van der Waals surface area contributed by atoms with Crippen molar-refractivity contribution in [1.82, 2.24) is 4.90 Å². The lowest BCUT2D eigenvalue weighted by Gasteiger charge is -2.17. The van der Waals surface area contributed by atoms with Crippen molar-refractivity contribution in [1.29, 1.82) is 0 Å². The summed E-state index contributed by atoms with van der Waals surface area (Å²) < 4.78 is 0. The van der Waals surface area contributed by atoms with Crippen LogP contribution < -0.4 is 0 Å². The highest BCUT2D eigenvalue weighted by atomic mass is 15.1. The average Bonchev–Trinajstić information content (AvgIpc) is 1.90. The molecule has 0 radical (unpaired) electrons. The Labute approximate surface area is 64.7 Å². The van der Waals surface area contributed by atoms with Gasteiger partial charge >= 0.3 is 0 Å². The summed E-state index contributed by atoms with van der Waals surface area (Å²) in [6.07, 6.45) is 6.76. The Bertz CT molecular complexity index is 80.7. The van der Waals surface area contributed by atoms with Crippen molar-refractivity contribution in [3.8, 4) is 0 Å². The Morgan fingerprint density at radius 2 is 1.60 bits per heavy atom. The highest BCUT2D eigenvalue weighted by Crippen LogP contribution is 1.94. The molecule has 60 valence electrons. The molecule has 0 fully saturated rings. The molecule has 0 aromatic rings. The van der Waals surface area contributed by atoms with Crippen LogP contribution in [0.2, 0.25) is 0 Å². The van der Waals surface area contributed by atoms with Gasteiger partial charge in [0.2, 0.25) is 0 Å². The van der Waals surface area contributed by atoms with E-state index >= 15 is 0 Å². The van der Waals surface area contributed by atoms with E-state index in [-0.39, 0.29) is 0 Å². The first kappa shape index (κ1) is 9.54. The molecule has 0 N–H and O–H groups in total. The lowest BCUT2D eigenvalue weighted by Crippen LogP contribution is -2.18. The van der Waals surface area contributed by atoms with Crippen LogP contribution in [0.1, 0.15) is 33.6 Å². The second kappa shape index (κ2) is 6.66. The van der Waals surface area contributed by atoms with Gasteiger partial charge in [-0.25, -0.2) is 0 Å². The lowest BCUT2D eigenvalue weighted by molar-refractivity contribution is 0.375. The van der Waals surface area contributed by atoms with Gasteiger partial charge in [-0.15, -0.1) is 0 Å². The van der Waals surface area contributed by atoms with Crippen LogP contribution in [0.3, 0.4) is 0 Å². The molecule has 0 saturated heterocycles. The van der Waals surface area contributed by atoms with Crippen LogP contribution in [0.5, 0.6) is 0 Å². The van der Waals surface area contributed by atoms with Crippen LogP contribution in [-0.4, -0.2) is 18.0 Å². The SMILES string of the molecule is C/C=C/N(CCC)CCC. The summed E-state index contributed by atoms with van der Waals surface area (Å²) >= 11 is 0. The molecule has 0 heterocycles. The van der Waals surface area contributed by atoms with Gasteiger partial charge in [0.15, 0.2) is 0 Å². The van der Waals surface area contributed by atoms with Crippen molar-refractivity contribution in [3.05, 3.63) is 12.3 Å². The van der Waals surface area contributed by atoms with Crippen molar-refractivity contribution in [2.45, 2.75) is 33.6 Å². The van der Waals surface area contributed by atoms with Crippen LogP contribution >= 0.6 is 0 Å². The fourth-order valence-corrected chi connectivity index (χ4v) is 1.05. The third-order valence-electron chi connectivity index (χ3n) is 1.38. The van der Waals surface area contributed by atoms with E-state index in [9.17, 15) is 0 Å². The van der Waals surface area contributed by atoms with Gasteiger partial charge in [-0.05, 0) is 26.0 Å². The quantitative estimate of drug-likeness (QED) is 0.569. The molecule has 1 nitrogen and oxygen atoms in total. The van der Waals surface area contributed by atoms with Crippen LogP contribution in [0.15, 0.2) is 12.3 Å². The average molecular weight is 141 g/mol. The normalized spacial score (nSPS) is 10.7. The van der Waals surface area contributed by atoms with Gasteiger partial charge in [0.05, 0.1) is 0 Å². The van der Waals surface area contributed by atoms with Crippen molar-refractivity contribution in [2.75, 3.05) is 13.1 Å². The molecular formula is C9H19N. The first-order chi connectivity index (χ1) is 4.85. The van der Waals surface area contributed by atoms with E-state index in [1.807, 2.05) is 0 Å². The van der Waals surface area contributed by atoms with Gasteiger partial charge in [0, 0.05) is 13.1 Å². The smallest absolute Gasteiger partial charge is 0.0169 e. The summed E-state index contributed by atoms with van der Waals surface area (Å²) in [6.45, 7) is 8.88. The molecule has 0 atom stereocenters. The topological polar surface area (TPSA) is 3.24 Å². The molecule has 0 aliphatic heterocycles. The molecule has 0 aliphatic rings. The second-order valence-electron chi connectivity index (χ2n) is 2.52. The van der Waals surface area contributed by atoms with Crippen LogP contribution in [-0.2, 0) is 0 Å². The summed E-state index contributed by atoms with van der Waals surface area (Å²) in [5.41, 5.74) is 0. The molecule has 1 heteroatoms. The molecule has 0 aliphatic carbocycles. The first-order valence-corrected chi connectivity index (χ1v) is 4.22. The van der Waals surface area contributed by atoms with Gasteiger partial charge in [0.1, 0.15) is 0 Å². The highest BCUT2D eigenvalue weighted by Gasteiger charge is 1.92. The summed E-state index contributed by atoms with van der Waals surface area (Å²) in [4.78, 5) is 2.36. The maximum Gasteiger partial charge on any atom is 0.0169 e. The van der Waals surface area contributed by atoms with Crippen molar-refractivity contribution in [2.24, 2.45) is 0 Å². The zero-order chi connectivity index (χ0) is 7.82. The van der Waals surface area contributed by atoms with Crippen molar-refractivity contribution >= 4 is 0 Å². The van der Waals surface area contributed by atoms with Gasteiger partial charge in [-0.2, -0.15) is 0 Å². The van der Waals surface area contributed by atoms with E-state index in [0.717, 1.165) is 0 Å². The third-order valence-corrected chi connectivity index (χ3v) is 1.38. The standard InChI is InChI=1S/C9H19N/c1-4-7-10(8-5-2)9-6-3/h4,7H,5-6,8-9H2,1-3H3/b7-4+. The Hall–Kier alpha value is -0.460. The zero-order valence-corrected chi connectivity index (χ0v) is 7.43. The maximum absolute atomic E-state index is 2.36. The molecule has 0 rings (SSSR count). The van der Waals surface area contributed by atoms with Crippen molar-refractivity contribution in [3.63, 3.8) is 0 Å². The first-order valence-electron chi connectivity index (χ1n) is 4.22.